The predicted molar refractivity (Wildman–Crippen MR) is 86.3 cm³/mol. The second-order valence-corrected chi connectivity index (χ2v) is 5.30. The maximum absolute atomic E-state index is 6.27. The van der Waals surface area contributed by atoms with E-state index in [9.17, 15) is 0 Å². The zero-order valence-electron chi connectivity index (χ0n) is 12.6. The fourth-order valence-corrected chi connectivity index (χ4v) is 2.42. The zero-order chi connectivity index (χ0) is 15.2. The number of rotatable bonds is 6. The number of ether oxygens (including phenoxy) is 2. The number of hydrogen-bond donors (Lipinski definition) is 1. The summed E-state index contributed by atoms with van der Waals surface area (Å²) in [5.74, 6) is 1.33. The highest BCUT2D eigenvalue weighted by atomic mass is 35.5. The lowest BCUT2D eigenvalue weighted by Gasteiger charge is -2.12. The summed E-state index contributed by atoms with van der Waals surface area (Å²) in [4.78, 5) is 0. The summed E-state index contributed by atoms with van der Waals surface area (Å²) in [5.41, 5.74) is 3.51. The Morgan fingerprint density at radius 3 is 2.38 bits per heavy atom. The first-order valence-electron chi connectivity index (χ1n) is 6.80. The Morgan fingerprint density at radius 2 is 1.71 bits per heavy atom. The summed E-state index contributed by atoms with van der Waals surface area (Å²) in [7, 11) is 3.22. The van der Waals surface area contributed by atoms with Crippen LogP contribution >= 0.6 is 11.6 Å². The molecule has 2 aromatic rings. The number of benzene rings is 2. The van der Waals surface area contributed by atoms with Gasteiger partial charge in [0.25, 0.3) is 0 Å². The average Bonchev–Trinajstić information content (AvgIpc) is 2.48. The molecule has 2 rings (SSSR count). The molecule has 21 heavy (non-hydrogen) atoms. The molecule has 112 valence electrons. The maximum Gasteiger partial charge on any atom is 0.162 e. The molecule has 0 bridgehead atoms. The van der Waals surface area contributed by atoms with Crippen molar-refractivity contribution in [3.8, 4) is 11.5 Å². The largest absolute Gasteiger partial charge is 0.493 e. The first-order valence-corrected chi connectivity index (χ1v) is 7.18. The summed E-state index contributed by atoms with van der Waals surface area (Å²) in [6, 6.07) is 12.1. The first kappa shape index (κ1) is 15.7. The SMILES string of the molecule is COc1cc(Cl)c(CNCc2cccc(C)c2)cc1OC. The summed E-state index contributed by atoms with van der Waals surface area (Å²) < 4.78 is 10.5. The van der Waals surface area contributed by atoms with Crippen molar-refractivity contribution < 1.29 is 9.47 Å². The van der Waals surface area contributed by atoms with Crippen LogP contribution in [0.2, 0.25) is 5.02 Å². The van der Waals surface area contributed by atoms with Gasteiger partial charge in [-0.25, -0.2) is 0 Å². The van der Waals surface area contributed by atoms with Crippen molar-refractivity contribution in [2.45, 2.75) is 20.0 Å². The smallest absolute Gasteiger partial charge is 0.162 e. The number of methoxy groups -OCH3 is 2. The topological polar surface area (TPSA) is 30.5 Å². The first-order chi connectivity index (χ1) is 10.1. The number of aryl methyl sites for hydroxylation is 1. The van der Waals surface area contributed by atoms with Crippen LogP contribution in [-0.2, 0) is 13.1 Å². The average molecular weight is 306 g/mol. The van der Waals surface area contributed by atoms with Crippen molar-refractivity contribution in [1.29, 1.82) is 0 Å². The van der Waals surface area contributed by atoms with Gasteiger partial charge in [-0.3, -0.25) is 0 Å². The van der Waals surface area contributed by atoms with Crippen molar-refractivity contribution in [2.24, 2.45) is 0 Å². The van der Waals surface area contributed by atoms with E-state index >= 15 is 0 Å². The zero-order valence-corrected chi connectivity index (χ0v) is 13.3. The number of hydrogen-bond acceptors (Lipinski definition) is 3. The molecule has 0 aromatic heterocycles. The van der Waals surface area contributed by atoms with Gasteiger partial charge in [-0.05, 0) is 24.1 Å². The van der Waals surface area contributed by atoms with Crippen LogP contribution in [-0.4, -0.2) is 14.2 Å². The molecule has 4 heteroatoms. The van der Waals surface area contributed by atoms with Gasteiger partial charge in [-0.2, -0.15) is 0 Å². The Balaban J connectivity index is 2.03. The lowest BCUT2D eigenvalue weighted by atomic mass is 10.1. The van der Waals surface area contributed by atoms with E-state index < -0.39 is 0 Å². The highest BCUT2D eigenvalue weighted by Gasteiger charge is 2.09. The van der Waals surface area contributed by atoms with Gasteiger partial charge in [0.2, 0.25) is 0 Å². The molecule has 0 atom stereocenters. The molecule has 0 saturated carbocycles. The monoisotopic (exact) mass is 305 g/mol. The minimum absolute atomic E-state index is 0.643. The van der Waals surface area contributed by atoms with E-state index in [1.54, 1.807) is 20.3 Å². The molecule has 0 spiro atoms. The van der Waals surface area contributed by atoms with Crippen molar-refractivity contribution in [3.63, 3.8) is 0 Å². The molecular formula is C17H20ClNO2. The second kappa shape index (κ2) is 7.34. The van der Waals surface area contributed by atoms with Crippen molar-refractivity contribution in [3.05, 3.63) is 58.1 Å². The third-order valence-corrected chi connectivity index (χ3v) is 3.63. The van der Waals surface area contributed by atoms with E-state index in [4.69, 9.17) is 21.1 Å². The summed E-state index contributed by atoms with van der Waals surface area (Å²) in [6.45, 7) is 3.56. The van der Waals surface area contributed by atoms with E-state index in [0.717, 1.165) is 12.1 Å². The normalized spacial score (nSPS) is 10.5. The van der Waals surface area contributed by atoms with E-state index in [-0.39, 0.29) is 0 Å². The quantitative estimate of drug-likeness (QED) is 0.876. The van der Waals surface area contributed by atoms with Crippen LogP contribution in [0.5, 0.6) is 11.5 Å². The number of halogens is 1. The molecular weight excluding hydrogens is 286 g/mol. The van der Waals surface area contributed by atoms with Crippen LogP contribution in [0.4, 0.5) is 0 Å². The third-order valence-electron chi connectivity index (χ3n) is 3.28. The van der Waals surface area contributed by atoms with Crippen molar-refractivity contribution in [2.75, 3.05) is 14.2 Å². The molecule has 0 saturated heterocycles. The molecule has 0 heterocycles. The molecule has 0 aliphatic rings. The Hall–Kier alpha value is -1.71. The van der Waals surface area contributed by atoms with Gasteiger partial charge < -0.3 is 14.8 Å². The molecule has 3 nitrogen and oxygen atoms in total. The summed E-state index contributed by atoms with van der Waals surface area (Å²) in [5, 5.41) is 4.06. The molecule has 0 unspecified atom stereocenters. The minimum Gasteiger partial charge on any atom is -0.493 e. The second-order valence-electron chi connectivity index (χ2n) is 4.89. The highest BCUT2D eigenvalue weighted by molar-refractivity contribution is 6.31. The standard InChI is InChI=1S/C17H20ClNO2/c1-12-5-4-6-13(7-12)10-19-11-14-8-16(20-2)17(21-3)9-15(14)18/h4-9,19H,10-11H2,1-3H3. The van der Waals surface area contributed by atoms with Crippen molar-refractivity contribution >= 4 is 11.6 Å². The molecule has 0 amide bonds. The van der Waals surface area contributed by atoms with Crippen LogP contribution in [0.25, 0.3) is 0 Å². The molecule has 0 fully saturated rings. The van der Waals surface area contributed by atoms with Gasteiger partial charge in [-0.15, -0.1) is 0 Å². The van der Waals surface area contributed by atoms with Gasteiger partial charge in [0.1, 0.15) is 0 Å². The Bertz CT molecular complexity index is 614. The molecule has 0 aliphatic heterocycles. The van der Waals surface area contributed by atoms with Crippen LogP contribution < -0.4 is 14.8 Å². The Kier molecular flexibility index (Phi) is 5.48. The van der Waals surface area contributed by atoms with Crippen molar-refractivity contribution in [1.82, 2.24) is 5.32 Å². The van der Waals surface area contributed by atoms with Gasteiger partial charge >= 0.3 is 0 Å². The molecule has 0 aliphatic carbocycles. The van der Waals surface area contributed by atoms with Gasteiger partial charge in [0, 0.05) is 24.2 Å². The lowest BCUT2D eigenvalue weighted by Crippen LogP contribution is -2.13. The lowest BCUT2D eigenvalue weighted by molar-refractivity contribution is 0.354. The van der Waals surface area contributed by atoms with Gasteiger partial charge in [0.15, 0.2) is 11.5 Å². The van der Waals surface area contributed by atoms with Gasteiger partial charge in [-0.1, -0.05) is 41.4 Å². The fourth-order valence-electron chi connectivity index (χ4n) is 2.20. The molecule has 1 N–H and O–H groups in total. The van der Waals surface area contributed by atoms with Gasteiger partial charge in [0.05, 0.1) is 14.2 Å². The van der Waals surface area contributed by atoms with Crippen LogP contribution in [0.15, 0.2) is 36.4 Å². The molecule has 2 aromatic carbocycles. The maximum atomic E-state index is 6.27. The predicted octanol–water partition coefficient (Wildman–Crippen LogP) is 3.96. The molecule has 0 radical (unpaired) electrons. The van der Waals surface area contributed by atoms with Crippen LogP contribution in [0, 0.1) is 6.92 Å². The van der Waals surface area contributed by atoms with Crippen LogP contribution in [0.1, 0.15) is 16.7 Å². The number of nitrogens with one attached hydrogen (secondary N) is 1. The summed E-state index contributed by atoms with van der Waals surface area (Å²) >= 11 is 6.27. The fraction of sp³-hybridized carbons (Fsp3) is 0.294. The minimum atomic E-state index is 0.643. The highest BCUT2D eigenvalue weighted by Crippen LogP contribution is 2.32. The Labute approximate surface area is 130 Å². The van der Waals surface area contributed by atoms with E-state index in [2.05, 4.69) is 36.5 Å². The third kappa shape index (κ3) is 4.13. The van der Waals surface area contributed by atoms with E-state index in [1.165, 1.54) is 11.1 Å². The van der Waals surface area contributed by atoms with Crippen LogP contribution in [0.3, 0.4) is 0 Å². The van der Waals surface area contributed by atoms with E-state index in [1.807, 2.05) is 6.07 Å². The Morgan fingerprint density at radius 1 is 1.00 bits per heavy atom. The summed E-state index contributed by atoms with van der Waals surface area (Å²) in [6.07, 6.45) is 0. The van der Waals surface area contributed by atoms with E-state index in [0.29, 0.717) is 23.1 Å².